The van der Waals surface area contributed by atoms with Gasteiger partial charge in [0.05, 0.1) is 0 Å². The van der Waals surface area contributed by atoms with Gasteiger partial charge in [-0.3, -0.25) is 4.79 Å². The molecule has 0 saturated heterocycles. The maximum atomic E-state index is 11.8. The molecule has 2 aromatic rings. The fourth-order valence-electron chi connectivity index (χ4n) is 1.01. The zero-order valence-corrected chi connectivity index (χ0v) is 9.38. The number of carbonyl (C=O) groups excluding carboxylic acids is 1. The predicted octanol–water partition coefficient (Wildman–Crippen LogP) is 2.53. The van der Waals surface area contributed by atoms with Crippen LogP contribution in [0.4, 0.5) is 0 Å². The van der Waals surface area contributed by atoms with E-state index in [1.165, 1.54) is 17.7 Å². The molecule has 0 atom stereocenters. The molecule has 2 rings (SSSR count). The number of thiophene rings is 1. The van der Waals surface area contributed by atoms with Crippen LogP contribution >= 0.6 is 27.3 Å². The maximum Gasteiger partial charge on any atom is 0.213 e. The number of rotatable bonds is 2. The lowest BCUT2D eigenvalue weighted by molar-refractivity contribution is 0.103. The molecule has 0 amide bonds. The second-order valence-corrected chi connectivity index (χ2v) is 4.16. The number of ketones is 1. The molecule has 0 aliphatic carbocycles. The first kappa shape index (κ1) is 9.48. The van der Waals surface area contributed by atoms with E-state index in [4.69, 9.17) is 0 Å². The Morgan fingerprint density at radius 1 is 1.43 bits per heavy atom. The van der Waals surface area contributed by atoms with Crippen molar-refractivity contribution in [3.8, 4) is 0 Å². The van der Waals surface area contributed by atoms with Gasteiger partial charge in [0, 0.05) is 27.0 Å². The molecular formula is C9H5BrN2OS. The highest BCUT2D eigenvalue weighted by molar-refractivity contribution is 9.10. The van der Waals surface area contributed by atoms with Gasteiger partial charge < -0.3 is 0 Å². The summed E-state index contributed by atoms with van der Waals surface area (Å²) < 4.78 is 0.811. The monoisotopic (exact) mass is 268 g/mol. The van der Waals surface area contributed by atoms with E-state index in [0.717, 1.165) is 4.47 Å². The Bertz CT molecular complexity index is 455. The maximum absolute atomic E-state index is 11.8. The lowest BCUT2D eigenvalue weighted by Crippen LogP contribution is -2.03. The Morgan fingerprint density at radius 2 is 2.29 bits per heavy atom. The molecule has 0 aliphatic rings. The Balaban J connectivity index is 2.39. The first-order valence-electron chi connectivity index (χ1n) is 3.81. The van der Waals surface area contributed by atoms with Crippen molar-refractivity contribution in [2.45, 2.75) is 0 Å². The number of nitrogens with zero attached hydrogens (tertiary/aromatic N) is 2. The van der Waals surface area contributed by atoms with E-state index in [9.17, 15) is 4.79 Å². The van der Waals surface area contributed by atoms with Gasteiger partial charge in [-0.05, 0) is 22.0 Å². The molecule has 0 spiro atoms. The normalized spacial score (nSPS) is 10.1. The Kier molecular flexibility index (Phi) is 2.69. The summed E-state index contributed by atoms with van der Waals surface area (Å²) in [5, 5.41) is 3.67. The summed E-state index contributed by atoms with van der Waals surface area (Å²) in [5.74, 6) is -0.0828. The summed E-state index contributed by atoms with van der Waals surface area (Å²) >= 11 is 4.79. The molecular weight excluding hydrogens is 264 g/mol. The molecule has 0 saturated carbocycles. The lowest BCUT2D eigenvalue weighted by atomic mass is 10.1. The van der Waals surface area contributed by atoms with Crippen LogP contribution in [0.2, 0.25) is 0 Å². The van der Waals surface area contributed by atoms with Crippen molar-refractivity contribution in [3.63, 3.8) is 0 Å². The second kappa shape index (κ2) is 3.98. The minimum absolute atomic E-state index is 0.0828. The first-order valence-corrected chi connectivity index (χ1v) is 5.55. The molecule has 0 aromatic carbocycles. The molecule has 5 heteroatoms. The molecule has 0 bridgehead atoms. The summed E-state index contributed by atoms with van der Waals surface area (Å²) in [6.07, 6.45) is 2.92. The van der Waals surface area contributed by atoms with Gasteiger partial charge in [-0.2, -0.15) is 11.3 Å². The van der Waals surface area contributed by atoms with Crippen molar-refractivity contribution in [2.24, 2.45) is 0 Å². The predicted molar refractivity (Wildman–Crippen MR) is 57.5 cm³/mol. The van der Waals surface area contributed by atoms with Gasteiger partial charge >= 0.3 is 0 Å². The molecule has 0 aliphatic heterocycles. The van der Waals surface area contributed by atoms with Crippen LogP contribution in [-0.4, -0.2) is 15.8 Å². The molecule has 70 valence electrons. The van der Waals surface area contributed by atoms with Crippen LogP contribution in [0.5, 0.6) is 0 Å². The third-order valence-electron chi connectivity index (χ3n) is 1.67. The number of carbonyl (C=O) groups is 1. The second-order valence-electron chi connectivity index (χ2n) is 2.56. The summed E-state index contributed by atoms with van der Waals surface area (Å²) in [7, 11) is 0. The van der Waals surface area contributed by atoms with Crippen molar-refractivity contribution in [2.75, 3.05) is 0 Å². The third kappa shape index (κ3) is 1.73. The van der Waals surface area contributed by atoms with E-state index in [1.54, 1.807) is 17.6 Å². The molecule has 0 fully saturated rings. The first-order chi connectivity index (χ1) is 6.79. The fourth-order valence-corrected chi connectivity index (χ4v) is 2.46. The molecule has 0 radical (unpaired) electrons. The highest BCUT2D eigenvalue weighted by atomic mass is 79.9. The van der Waals surface area contributed by atoms with Gasteiger partial charge in [0.15, 0.2) is 0 Å². The van der Waals surface area contributed by atoms with Crippen LogP contribution in [0.15, 0.2) is 33.8 Å². The van der Waals surface area contributed by atoms with Gasteiger partial charge in [-0.25, -0.2) is 9.97 Å². The van der Waals surface area contributed by atoms with Crippen LogP contribution in [0.1, 0.15) is 16.1 Å². The van der Waals surface area contributed by atoms with Crippen LogP contribution in [-0.2, 0) is 0 Å². The Morgan fingerprint density at radius 3 is 2.86 bits per heavy atom. The third-order valence-corrected chi connectivity index (χ3v) is 3.38. The van der Waals surface area contributed by atoms with E-state index in [-0.39, 0.29) is 5.78 Å². The number of hydrogen-bond acceptors (Lipinski definition) is 4. The standard InChI is InChI=1S/C9H5BrN2OS/c10-7-4-14-3-6(7)9(13)8-1-2-11-5-12-8/h1-5H. The van der Waals surface area contributed by atoms with E-state index < -0.39 is 0 Å². The summed E-state index contributed by atoms with van der Waals surface area (Å²) in [6.45, 7) is 0. The highest BCUT2D eigenvalue weighted by Crippen LogP contribution is 2.23. The summed E-state index contributed by atoms with van der Waals surface area (Å²) in [5.41, 5.74) is 1.06. The van der Waals surface area contributed by atoms with Crippen molar-refractivity contribution in [1.29, 1.82) is 0 Å². The van der Waals surface area contributed by atoms with Crippen LogP contribution in [0, 0.1) is 0 Å². The van der Waals surface area contributed by atoms with Crippen LogP contribution in [0.3, 0.4) is 0 Å². The smallest absolute Gasteiger partial charge is 0.213 e. The van der Waals surface area contributed by atoms with Crippen LogP contribution < -0.4 is 0 Å². The van der Waals surface area contributed by atoms with Gasteiger partial charge in [0.25, 0.3) is 0 Å². The molecule has 2 heterocycles. The molecule has 14 heavy (non-hydrogen) atoms. The Hall–Kier alpha value is -1.07. The molecule has 3 nitrogen and oxygen atoms in total. The van der Waals surface area contributed by atoms with Gasteiger partial charge in [-0.1, -0.05) is 0 Å². The van der Waals surface area contributed by atoms with Gasteiger partial charge in [0.2, 0.25) is 5.78 Å². The van der Waals surface area contributed by atoms with Crippen molar-refractivity contribution in [3.05, 3.63) is 45.1 Å². The van der Waals surface area contributed by atoms with E-state index >= 15 is 0 Å². The quantitative estimate of drug-likeness (QED) is 0.787. The Labute approximate surface area is 93.0 Å². The van der Waals surface area contributed by atoms with E-state index in [1.807, 2.05) is 5.38 Å². The van der Waals surface area contributed by atoms with E-state index in [0.29, 0.717) is 11.3 Å². The average Bonchev–Trinajstić information content (AvgIpc) is 2.65. The van der Waals surface area contributed by atoms with Gasteiger partial charge in [-0.15, -0.1) is 0 Å². The van der Waals surface area contributed by atoms with Crippen LogP contribution in [0.25, 0.3) is 0 Å². The summed E-state index contributed by atoms with van der Waals surface area (Å²) in [6, 6.07) is 1.60. The van der Waals surface area contributed by atoms with Crippen molar-refractivity contribution >= 4 is 33.0 Å². The molecule has 0 unspecified atom stereocenters. The SMILES string of the molecule is O=C(c1ccncn1)c1cscc1Br. The molecule has 0 N–H and O–H groups in total. The van der Waals surface area contributed by atoms with Gasteiger partial charge in [0.1, 0.15) is 12.0 Å². The van der Waals surface area contributed by atoms with Crippen molar-refractivity contribution < 1.29 is 4.79 Å². The minimum Gasteiger partial charge on any atom is -0.287 e. The zero-order chi connectivity index (χ0) is 9.97. The zero-order valence-electron chi connectivity index (χ0n) is 6.98. The lowest BCUT2D eigenvalue weighted by Gasteiger charge is -1.96. The molecule has 2 aromatic heterocycles. The van der Waals surface area contributed by atoms with E-state index in [2.05, 4.69) is 25.9 Å². The largest absolute Gasteiger partial charge is 0.287 e. The fraction of sp³-hybridized carbons (Fsp3) is 0. The van der Waals surface area contributed by atoms with Crippen molar-refractivity contribution in [1.82, 2.24) is 9.97 Å². The number of aromatic nitrogens is 2. The topological polar surface area (TPSA) is 42.9 Å². The number of hydrogen-bond donors (Lipinski definition) is 0. The number of halogens is 1. The highest BCUT2D eigenvalue weighted by Gasteiger charge is 2.13. The average molecular weight is 269 g/mol. The minimum atomic E-state index is -0.0828. The summed E-state index contributed by atoms with van der Waals surface area (Å²) in [4.78, 5) is 19.5.